The second-order valence-electron chi connectivity index (χ2n) is 5.01. The van der Waals surface area contributed by atoms with Crippen molar-refractivity contribution in [2.45, 2.75) is 32.4 Å². The Morgan fingerprint density at radius 3 is 3.05 bits per heavy atom. The van der Waals surface area contributed by atoms with Crippen LogP contribution in [-0.2, 0) is 6.54 Å². The molecule has 0 atom stereocenters. The van der Waals surface area contributed by atoms with Gasteiger partial charge >= 0.3 is 0 Å². The monoisotopic (exact) mass is 279 g/mol. The van der Waals surface area contributed by atoms with Crippen LogP contribution in [0.5, 0.6) is 0 Å². The molecule has 102 valence electrons. The molecule has 1 aliphatic carbocycles. The summed E-state index contributed by atoms with van der Waals surface area (Å²) in [5, 5.41) is 11.0. The molecule has 0 unspecified atom stereocenters. The first-order valence-corrected chi connectivity index (χ1v) is 7.38. The van der Waals surface area contributed by atoms with Crippen LogP contribution in [0.15, 0.2) is 16.2 Å². The average Bonchev–Trinajstić information content (AvgIpc) is 3.14. The molecule has 0 aliphatic heterocycles. The normalized spacial score (nSPS) is 15.5. The van der Waals surface area contributed by atoms with E-state index in [9.17, 15) is 4.79 Å². The molecule has 19 heavy (non-hydrogen) atoms. The van der Waals surface area contributed by atoms with E-state index >= 15 is 0 Å². The van der Waals surface area contributed by atoms with Crippen LogP contribution >= 0.6 is 11.3 Å². The molecule has 1 fully saturated rings. The summed E-state index contributed by atoms with van der Waals surface area (Å²) >= 11 is 1.49. The van der Waals surface area contributed by atoms with E-state index in [2.05, 4.69) is 9.88 Å². The zero-order valence-corrected chi connectivity index (χ0v) is 11.7. The number of aliphatic hydroxyl groups excluding tert-OH is 1. The molecular formula is C13H17N3O2S. The molecule has 0 radical (unpaired) electrons. The molecule has 3 rings (SSSR count). The van der Waals surface area contributed by atoms with Crippen molar-refractivity contribution in [2.24, 2.45) is 0 Å². The van der Waals surface area contributed by atoms with Gasteiger partial charge in [-0.05, 0) is 19.8 Å². The Bertz CT molecular complexity index is 645. The van der Waals surface area contributed by atoms with Crippen LogP contribution in [-0.4, -0.2) is 38.6 Å². The number of hydrogen-bond acceptors (Lipinski definition) is 5. The van der Waals surface area contributed by atoms with E-state index in [4.69, 9.17) is 5.11 Å². The van der Waals surface area contributed by atoms with Gasteiger partial charge in [-0.1, -0.05) is 0 Å². The fourth-order valence-electron chi connectivity index (χ4n) is 2.35. The van der Waals surface area contributed by atoms with Gasteiger partial charge in [-0.2, -0.15) is 0 Å². The lowest BCUT2D eigenvalue weighted by molar-refractivity contribution is 0.182. The second kappa shape index (κ2) is 5.03. The highest BCUT2D eigenvalue weighted by Gasteiger charge is 2.28. The van der Waals surface area contributed by atoms with Crippen molar-refractivity contribution in [3.05, 3.63) is 33.2 Å². The summed E-state index contributed by atoms with van der Waals surface area (Å²) in [5.74, 6) is 0. The van der Waals surface area contributed by atoms with Gasteiger partial charge in [0.05, 0.1) is 12.3 Å². The predicted octanol–water partition coefficient (Wildman–Crippen LogP) is 1.02. The molecule has 2 heterocycles. The molecule has 6 heteroatoms. The zero-order chi connectivity index (χ0) is 13.4. The van der Waals surface area contributed by atoms with E-state index in [1.54, 1.807) is 10.5 Å². The van der Waals surface area contributed by atoms with Crippen LogP contribution in [0.25, 0.3) is 4.96 Å². The van der Waals surface area contributed by atoms with Crippen molar-refractivity contribution in [2.75, 3.05) is 13.2 Å². The quantitative estimate of drug-likeness (QED) is 0.888. The Hall–Kier alpha value is -1.24. The van der Waals surface area contributed by atoms with Gasteiger partial charge in [0.2, 0.25) is 0 Å². The largest absolute Gasteiger partial charge is 0.395 e. The number of aromatic nitrogens is 2. The summed E-state index contributed by atoms with van der Waals surface area (Å²) in [6, 6.07) is 2.16. The van der Waals surface area contributed by atoms with Crippen molar-refractivity contribution < 1.29 is 5.11 Å². The molecule has 2 aromatic rings. The zero-order valence-electron chi connectivity index (χ0n) is 10.9. The molecule has 5 nitrogen and oxygen atoms in total. The minimum absolute atomic E-state index is 0.0153. The molecule has 0 bridgehead atoms. The Morgan fingerprint density at radius 1 is 1.58 bits per heavy atom. The first-order chi connectivity index (χ1) is 9.19. The lowest BCUT2D eigenvalue weighted by Gasteiger charge is -2.20. The van der Waals surface area contributed by atoms with Gasteiger partial charge in [-0.15, -0.1) is 11.3 Å². The topological polar surface area (TPSA) is 57.8 Å². The lowest BCUT2D eigenvalue weighted by atomic mass is 10.3. The van der Waals surface area contributed by atoms with E-state index in [1.165, 1.54) is 24.2 Å². The number of hydrogen-bond donors (Lipinski definition) is 1. The van der Waals surface area contributed by atoms with E-state index < -0.39 is 0 Å². The molecule has 2 aromatic heterocycles. The number of nitrogens with zero attached hydrogens (tertiary/aromatic N) is 3. The van der Waals surface area contributed by atoms with Crippen LogP contribution in [0.2, 0.25) is 0 Å². The number of aliphatic hydroxyl groups is 1. The summed E-state index contributed by atoms with van der Waals surface area (Å²) in [6.45, 7) is 3.35. The Kier molecular flexibility index (Phi) is 3.38. The summed E-state index contributed by atoms with van der Waals surface area (Å²) in [6.07, 6.45) is 2.36. The molecule has 0 spiro atoms. The van der Waals surface area contributed by atoms with Gasteiger partial charge in [0.1, 0.15) is 0 Å². The van der Waals surface area contributed by atoms with Crippen LogP contribution in [0.4, 0.5) is 0 Å². The molecule has 0 saturated heterocycles. The highest BCUT2D eigenvalue weighted by Crippen LogP contribution is 2.27. The summed E-state index contributed by atoms with van der Waals surface area (Å²) in [7, 11) is 0. The number of aryl methyl sites for hydroxylation is 1. The highest BCUT2D eigenvalue weighted by atomic mass is 32.1. The van der Waals surface area contributed by atoms with Gasteiger partial charge in [-0.25, -0.2) is 4.98 Å². The van der Waals surface area contributed by atoms with Gasteiger partial charge in [0.25, 0.3) is 5.56 Å². The van der Waals surface area contributed by atoms with Gasteiger partial charge in [0.15, 0.2) is 4.96 Å². The standard InChI is InChI=1S/C13H17N3O2S/c1-9-8-19-13-14-10(6-12(18)16(9)13)7-15(4-5-17)11-2-3-11/h6,8,11,17H,2-5,7H2,1H3. The van der Waals surface area contributed by atoms with Crippen LogP contribution in [0.1, 0.15) is 24.2 Å². The molecular weight excluding hydrogens is 262 g/mol. The maximum atomic E-state index is 12.1. The lowest BCUT2D eigenvalue weighted by Crippen LogP contribution is -2.30. The maximum absolute atomic E-state index is 12.1. The van der Waals surface area contributed by atoms with Crippen molar-refractivity contribution in [1.29, 1.82) is 0 Å². The number of fused-ring (bicyclic) bond motifs is 1. The molecule has 0 amide bonds. The smallest absolute Gasteiger partial charge is 0.259 e. The summed E-state index contributed by atoms with van der Waals surface area (Å²) < 4.78 is 1.64. The number of rotatable bonds is 5. The van der Waals surface area contributed by atoms with Crippen LogP contribution in [0, 0.1) is 6.92 Å². The van der Waals surface area contributed by atoms with Gasteiger partial charge in [-0.3, -0.25) is 14.1 Å². The predicted molar refractivity (Wildman–Crippen MR) is 74.6 cm³/mol. The van der Waals surface area contributed by atoms with Crippen molar-refractivity contribution in [3.63, 3.8) is 0 Å². The third-order valence-electron chi connectivity index (χ3n) is 3.44. The van der Waals surface area contributed by atoms with Crippen LogP contribution in [0.3, 0.4) is 0 Å². The van der Waals surface area contributed by atoms with Crippen molar-refractivity contribution in [1.82, 2.24) is 14.3 Å². The Morgan fingerprint density at radius 2 is 2.37 bits per heavy atom. The minimum Gasteiger partial charge on any atom is -0.395 e. The first kappa shape index (κ1) is 12.8. The van der Waals surface area contributed by atoms with Gasteiger partial charge < -0.3 is 5.11 Å². The van der Waals surface area contributed by atoms with Gasteiger partial charge in [0, 0.05) is 36.3 Å². The number of thiazole rings is 1. The molecule has 1 N–H and O–H groups in total. The minimum atomic E-state index is -0.0153. The first-order valence-electron chi connectivity index (χ1n) is 6.50. The molecule has 1 aliphatic rings. The SMILES string of the molecule is Cc1csc2nc(CN(CCO)C3CC3)cc(=O)n12. The van der Waals surface area contributed by atoms with E-state index in [1.807, 2.05) is 12.3 Å². The fourth-order valence-corrected chi connectivity index (χ4v) is 3.24. The third kappa shape index (κ3) is 2.56. The summed E-state index contributed by atoms with van der Waals surface area (Å²) in [5.41, 5.74) is 1.71. The Balaban J connectivity index is 1.90. The fraction of sp³-hybridized carbons (Fsp3) is 0.538. The van der Waals surface area contributed by atoms with E-state index in [0.29, 0.717) is 19.1 Å². The van der Waals surface area contributed by atoms with Crippen molar-refractivity contribution >= 4 is 16.3 Å². The second-order valence-corrected chi connectivity index (χ2v) is 5.84. The van der Waals surface area contributed by atoms with Crippen molar-refractivity contribution in [3.8, 4) is 0 Å². The van der Waals surface area contributed by atoms with E-state index in [0.717, 1.165) is 16.3 Å². The highest BCUT2D eigenvalue weighted by molar-refractivity contribution is 7.15. The molecule has 1 saturated carbocycles. The Labute approximate surface area is 115 Å². The maximum Gasteiger partial charge on any atom is 0.259 e. The average molecular weight is 279 g/mol. The van der Waals surface area contributed by atoms with Crippen LogP contribution < -0.4 is 5.56 Å². The third-order valence-corrected chi connectivity index (χ3v) is 4.39. The van der Waals surface area contributed by atoms with E-state index in [-0.39, 0.29) is 12.2 Å². The molecule has 0 aromatic carbocycles. The summed E-state index contributed by atoms with van der Waals surface area (Å²) in [4.78, 5) is 19.6.